The monoisotopic (exact) mass is 327 g/mol. The molecule has 0 saturated carbocycles. The van der Waals surface area contributed by atoms with Crippen LogP contribution in [-0.2, 0) is 11.3 Å². The highest BCUT2D eigenvalue weighted by atomic mass is 16.5. The van der Waals surface area contributed by atoms with Crippen LogP contribution in [0.25, 0.3) is 0 Å². The highest BCUT2D eigenvalue weighted by molar-refractivity contribution is 6.04. The van der Waals surface area contributed by atoms with Gasteiger partial charge < -0.3 is 15.8 Å². The third-order valence-corrected chi connectivity index (χ3v) is 3.31. The number of hydrazone groups is 1. The SMILES string of the molecule is COC(=O)c1ccc(NCc2ccccc2)c(/C(N)=N/N(C)N)c1. The molecule has 0 radical (unpaired) electrons. The zero-order chi connectivity index (χ0) is 17.5. The summed E-state index contributed by atoms with van der Waals surface area (Å²) in [7, 11) is 2.89. The first-order valence-electron chi connectivity index (χ1n) is 7.34. The fraction of sp³-hybridized carbons (Fsp3) is 0.176. The number of amidine groups is 1. The van der Waals surface area contributed by atoms with E-state index >= 15 is 0 Å². The van der Waals surface area contributed by atoms with Crippen LogP contribution < -0.4 is 16.9 Å². The fourth-order valence-corrected chi connectivity index (χ4v) is 2.17. The van der Waals surface area contributed by atoms with E-state index in [-0.39, 0.29) is 5.84 Å². The highest BCUT2D eigenvalue weighted by Gasteiger charge is 2.13. The molecule has 2 aromatic rings. The van der Waals surface area contributed by atoms with Gasteiger partial charge in [0.05, 0.1) is 12.7 Å². The first-order chi connectivity index (χ1) is 11.5. The topological polar surface area (TPSA) is 106 Å². The number of hydrazine groups is 1. The summed E-state index contributed by atoms with van der Waals surface area (Å²) >= 11 is 0. The van der Waals surface area contributed by atoms with Crippen LogP contribution in [0.2, 0.25) is 0 Å². The van der Waals surface area contributed by atoms with Gasteiger partial charge in [0.25, 0.3) is 0 Å². The molecule has 0 aliphatic heterocycles. The van der Waals surface area contributed by atoms with Crippen LogP contribution in [0.4, 0.5) is 5.69 Å². The number of nitrogens with two attached hydrogens (primary N) is 2. The number of rotatable bonds is 6. The molecule has 2 rings (SSSR count). The van der Waals surface area contributed by atoms with Gasteiger partial charge in [-0.3, -0.25) is 0 Å². The number of hydrogen-bond acceptors (Lipinski definition) is 6. The fourth-order valence-electron chi connectivity index (χ4n) is 2.17. The lowest BCUT2D eigenvalue weighted by Crippen LogP contribution is -2.26. The minimum atomic E-state index is -0.445. The van der Waals surface area contributed by atoms with Gasteiger partial charge in [0.1, 0.15) is 0 Å². The smallest absolute Gasteiger partial charge is 0.337 e. The van der Waals surface area contributed by atoms with Gasteiger partial charge in [-0.05, 0) is 23.8 Å². The van der Waals surface area contributed by atoms with Crippen molar-refractivity contribution in [1.82, 2.24) is 5.12 Å². The van der Waals surface area contributed by atoms with E-state index in [1.54, 1.807) is 25.2 Å². The summed E-state index contributed by atoms with van der Waals surface area (Å²) in [5, 5.41) is 8.41. The maximum Gasteiger partial charge on any atom is 0.337 e. The van der Waals surface area contributed by atoms with Crippen molar-refractivity contribution in [1.29, 1.82) is 0 Å². The summed E-state index contributed by atoms with van der Waals surface area (Å²) in [6.07, 6.45) is 0. The summed E-state index contributed by atoms with van der Waals surface area (Å²) in [4.78, 5) is 11.7. The molecule has 0 heterocycles. The number of anilines is 1. The molecule has 0 saturated heterocycles. The molecule has 0 atom stereocenters. The van der Waals surface area contributed by atoms with Crippen molar-refractivity contribution < 1.29 is 9.53 Å². The van der Waals surface area contributed by atoms with E-state index in [1.807, 2.05) is 30.3 Å². The van der Waals surface area contributed by atoms with Gasteiger partial charge in [-0.2, -0.15) is 0 Å². The molecule has 0 fully saturated rings. The second kappa shape index (κ2) is 7.98. The Morgan fingerprint density at radius 1 is 1.25 bits per heavy atom. The average molecular weight is 327 g/mol. The predicted octanol–water partition coefficient (Wildman–Crippen LogP) is 1.51. The first-order valence-corrected chi connectivity index (χ1v) is 7.34. The second-order valence-corrected chi connectivity index (χ2v) is 5.15. The molecule has 7 heteroatoms. The summed E-state index contributed by atoms with van der Waals surface area (Å²) in [5.41, 5.74) is 8.83. The Hall–Kier alpha value is -3.06. The Morgan fingerprint density at radius 2 is 1.96 bits per heavy atom. The van der Waals surface area contributed by atoms with Crippen molar-refractivity contribution in [3.05, 3.63) is 65.2 Å². The van der Waals surface area contributed by atoms with Crippen LogP contribution in [0, 0.1) is 0 Å². The van der Waals surface area contributed by atoms with Gasteiger partial charge in [-0.25, -0.2) is 15.8 Å². The van der Waals surface area contributed by atoms with Gasteiger partial charge in [0.15, 0.2) is 5.84 Å². The molecule has 0 aliphatic carbocycles. The minimum Gasteiger partial charge on any atom is -0.465 e. The van der Waals surface area contributed by atoms with E-state index in [4.69, 9.17) is 16.3 Å². The van der Waals surface area contributed by atoms with Crippen LogP contribution in [-0.4, -0.2) is 31.1 Å². The largest absolute Gasteiger partial charge is 0.465 e. The number of carbonyl (C=O) groups is 1. The van der Waals surface area contributed by atoms with Gasteiger partial charge in [-0.1, -0.05) is 30.3 Å². The minimum absolute atomic E-state index is 0.196. The van der Waals surface area contributed by atoms with E-state index in [2.05, 4.69) is 10.4 Å². The van der Waals surface area contributed by atoms with E-state index in [0.29, 0.717) is 17.7 Å². The quantitative estimate of drug-likeness (QED) is 0.244. The van der Waals surface area contributed by atoms with Gasteiger partial charge in [0, 0.05) is 24.8 Å². The van der Waals surface area contributed by atoms with Crippen LogP contribution >= 0.6 is 0 Å². The number of carbonyl (C=O) groups excluding carboxylic acids is 1. The first kappa shape index (κ1) is 17.3. The molecule has 0 aromatic heterocycles. The predicted molar refractivity (Wildman–Crippen MR) is 94.2 cm³/mol. The van der Waals surface area contributed by atoms with Crippen molar-refractivity contribution in [3.63, 3.8) is 0 Å². The van der Waals surface area contributed by atoms with Crippen molar-refractivity contribution in [2.45, 2.75) is 6.54 Å². The number of ether oxygens (including phenoxy) is 1. The second-order valence-electron chi connectivity index (χ2n) is 5.15. The number of esters is 1. The molecule has 0 unspecified atom stereocenters. The maximum absolute atomic E-state index is 11.7. The Morgan fingerprint density at radius 3 is 2.58 bits per heavy atom. The zero-order valence-corrected chi connectivity index (χ0v) is 13.7. The third kappa shape index (κ3) is 4.47. The number of methoxy groups -OCH3 is 1. The lowest BCUT2D eigenvalue weighted by atomic mass is 10.1. The molecular weight excluding hydrogens is 306 g/mol. The van der Waals surface area contributed by atoms with E-state index in [1.165, 1.54) is 7.11 Å². The molecule has 0 amide bonds. The Kier molecular flexibility index (Phi) is 5.75. The number of nitrogens with one attached hydrogen (secondary N) is 1. The normalized spacial score (nSPS) is 11.0. The van der Waals surface area contributed by atoms with Crippen LogP contribution in [0.15, 0.2) is 53.6 Å². The zero-order valence-electron chi connectivity index (χ0n) is 13.7. The van der Waals surface area contributed by atoms with E-state index in [0.717, 1.165) is 16.4 Å². The summed E-state index contributed by atoms with van der Waals surface area (Å²) < 4.78 is 4.75. The molecular formula is C17H21N5O2. The molecule has 0 aliphatic rings. The average Bonchev–Trinajstić information content (AvgIpc) is 2.59. The number of benzene rings is 2. The number of nitrogens with zero attached hydrogens (tertiary/aromatic N) is 2. The molecule has 7 nitrogen and oxygen atoms in total. The molecule has 0 spiro atoms. The third-order valence-electron chi connectivity index (χ3n) is 3.31. The summed E-state index contributed by atoms with van der Waals surface area (Å²) in [6.45, 7) is 0.608. The van der Waals surface area contributed by atoms with Crippen molar-refractivity contribution in [2.75, 3.05) is 19.5 Å². The lowest BCUT2D eigenvalue weighted by molar-refractivity contribution is 0.0600. The Labute approximate surface area is 140 Å². The summed E-state index contributed by atoms with van der Waals surface area (Å²) in [6, 6.07) is 15.0. The Balaban J connectivity index is 2.33. The number of hydrogen-bond donors (Lipinski definition) is 3. The van der Waals surface area contributed by atoms with Crippen molar-refractivity contribution in [2.24, 2.45) is 16.7 Å². The maximum atomic E-state index is 11.7. The van der Waals surface area contributed by atoms with Gasteiger partial charge in [-0.15, -0.1) is 5.10 Å². The van der Waals surface area contributed by atoms with Gasteiger partial charge >= 0.3 is 5.97 Å². The van der Waals surface area contributed by atoms with Crippen molar-refractivity contribution in [3.8, 4) is 0 Å². The van der Waals surface area contributed by atoms with Crippen molar-refractivity contribution >= 4 is 17.5 Å². The lowest BCUT2D eigenvalue weighted by Gasteiger charge is -2.14. The molecule has 0 bridgehead atoms. The van der Waals surface area contributed by atoms with E-state index < -0.39 is 5.97 Å². The van der Waals surface area contributed by atoms with E-state index in [9.17, 15) is 4.79 Å². The highest BCUT2D eigenvalue weighted by Crippen LogP contribution is 2.19. The molecule has 24 heavy (non-hydrogen) atoms. The summed E-state index contributed by atoms with van der Waals surface area (Å²) in [5.74, 6) is 5.27. The van der Waals surface area contributed by atoms with Gasteiger partial charge in [0.2, 0.25) is 0 Å². The Bertz CT molecular complexity index is 729. The molecule has 2 aromatic carbocycles. The molecule has 126 valence electrons. The van der Waals surface area contributed by atoms with Crippen LogP contribution in [0.5, 0.6) is 0 Å². The van der Waals surface area contributed by atoms with Crippen LogP contribution in [0.3, 0.4) is 0 Å². The van der Waals surface area contributed by atoms with Crippen LogP contribution in [0.1, 0.15) is 21.5 Å². The molecule has 5 N–H and O–H groups in total. The standard InChI is InChI=1S/C17H21N5O2/c1-22(19)21-16(18)14-10-13(17(23)24-2)8-9-15(14)20-11-12-6-4-3-5-7-12/h3-10,20H,11,19H2,1-2H3,(H2,18,21).